The molecule has 1 atom stereocenters. The van der Waals surface area contributed by atoms with E-state index in [2.05, 4.69) is 46.8 Å². The molecule has 0 spiro atoms. The first-order valence-electron chi connectivity index (χ1n) is 10.3. The fourth-order valence-corrected chi connectivity index (χ4v) is 4.76. The lowest BCUT2D eigenvalue weighted by Crippen LogP contribution is -2.13. The molecule has 2 aromatic heterocycles. The van der Waals surface area contributed by atoms with Gasteiger partial charge >= 0.3 is 0 Å². The van der Waals surface area contributed by atoms with Crippen LogP contribution < -0.4 is 5.56 Å². The minimum atomic E-state index is -0.106. The lowest BCUT2D eigenvalue weighted by Gasteiger charge is -2.13. The van der Waals surface area contributed by atoms with Gasteiger partial charge in [0.05, 0.1) is 27.2 Å². The van der Waals surface area contributed by atoms with Gasteiger partial charge in [0.25, 0.3) is 5.56 Å². The van der Waals surface area contributed by atoms with Crippen molar-refractivity contribution in [3.05, 3.63) is 101 Å². The van der Waals surface area contributed by atoms with Crippen LogP contribution in [0.2, 0.25) is 0 Å². The molecule has 0 bridgehead atoms. The van der Waals surface area contributed by atoms with Gasteiger partial charge in [-0.05, 0) is 43.2 Å². The van der Waals surface area contributed by atoms with Crippen molar-refractivity contribution in [1.82, 2.24) is 19.5 Å². The second-order valence-electron chi connectivity index (χ2n) is 7.50. The molecule has 5 nitrogen and oxygen atoms in total. The van der Waals surface area contributed by atoms with Crippen LogP contribution in [0.5, 0.6) is 0 Å². The lowest BCUT2D eigenvalue weighted by molar-refractivity contribution is 0.650. The Morgan fingerprint density at radius 3 is 2.45 bits per heavy atom. The molecule has 0 amide bonds. The molecule has 1 N–H and O–H groups in total. The van der Waals surface area contributed by atoms with Crippen LogP contribution in [0.1, 0.15) is 23.6 Å². The molecule has 0 aliphatic rings. The van der Waals surface area contributed by atoms with Crippen LogP contribution >= 0.6 is 11.8 Å². The molecule has 0 fully saturated rings. The Bertz CT molecular complexity index is 1410. The summed E-state index contributed by atoms with van der Waals surface area (Å²) < 4.78 is 2.27. The Hall–Kier alpha value is -3.38. The van der Waals surface area contributed by atoms with E-state index in [0.29, 0.717) is 16.7 Å². The summed E-state index contributed by atoms with van der Waals surface area (Å²) >= 11 is 1.62. The van der Waals surface area contributed by atoms with E-state index >= 15 is 0 Å². The number of fused-ring (bicyclic) bond motifs is 2. The van der Waals surface area contributed by atoms with Gasteiger partial charge in [-0.15, -0.1) is 0 Å². The Morgan fingerprint density at radius 1 is 0.903 bits per heavy atom. The first kappa shape index (κ1) is 19.6. The van der Waals surface area contributed by atoms with Crippen LogP contribution in [0.25, 0.3) is 21.9 Å². The van der Waals surface area contributed by atoms with Gasteiger partial charge in [-0.3, -0.25) is 4.79 Å². The summed E-state index contributed by atoms with van der Waals surface area (Å²) in [5.74, 6) is 0.662. The van der Waals surface area contributed by atoms with Gasteiger partial charge in [0.2, 0.25) is 0 Å². The fraction of sp³-hybridized carbons (Fsp3) is 0.160. The normalized spacial score (nSPS) is 12.4. The van der Waals surface area contributed by atoms with Crippen LogP contribution in [-0.2, 0) is 13.0 Å². The van der Waals surface area contributed by atoms with Crippen molar-refractivity contribution >= 4 is 33.7 Å². The standard InChI is InChI=1S/C25H22N4OS/c1-17(23-26-20-12-6-5-11-19(20)24(30)28-23)31-25-27-21-13-7-8-14-22(21)29(25)16-15-18-9-3-2-4-10-18/h2-14,17H,15-16H2,1H3,(H,26,28,30)/t17-/m0/s1. The number of rotatable bonds is 6. The molecule has 0 radical (unpaired) electrons. The van der Waals surface area contributed by atoms with Crippen molar-refractivity contribution in [2.24, 2.45) is 0 Å². The number of H-pyrrole nitrogens is 1. The second-order valence-corrected chi connectivity index (χ2v) is 8.81. The average molecular weight is 427 g/mol. The number of benzene rings is 3. The van der Waals surface area contributed by atoms with Crippen LogP contribution in [0.3, 0.4) is 0 Å². The number of hydrogen-bond acceptors (Lipinski definition) is 4. The van der Waals surface area contributed by atoms with E-state index in [9.17, 15) is 4.79 Å². The first-order chi connectivity index (χ1) is 15.2. The second kappa shape index (κ2) is 8.40. The molecule has 5 rings (SSSR count). The number of imidazole rings is 1. The maximum Gasteiger partial charge on any atom is 0.258 e. The molecule has 154 valence electrons. The molecule has 3 aromatic carbocycles. The van der Waals surface area contributed by atoms with Crippen molar-refractivity contribution < 1.29 is 0 Å². The van der Waals surface area contributed by atoms with E-state index in [0.717, 1.165) is 29.2 Å². The number of para-hydroxylation sites is 3. The molecule has 2 heterocycles. The molecule has 31 heavy (non-hydrogen) atoms. The summed E-state index contributed by atoms with van der Waals surface area (Å²) in [4.78, 5) is 25.0. The van der Waals surface area contributed by atoms with E-state index in [4.69, 9.17) is 9.97 Å². The maximum absolute atomic E-state index is 12.5. The van der Waals surface area contributed by atoms with Gasteiger partial charge in [0.15, 0.2) is 5.16 Å². The van der Waals surface area contributed by atoms with Crippen molar-refractivity contribution in [2.75, 3.05) is 0 Å². The summed E-state index contributed by atoms with van der Waals surface area (Å²) in [6, 6.07) is 26.1. The summed E-state index contributed by atoms with van der Waals surface area (Å²) in [5.41, 5.74) is 4.00. The number of thioether (sulfide) groups is 1. The number of nitrogens with one attached hydrogen (secondary N) is 1. The largest absolute Gasteiger partial charge is 0.319 e. The van der Waals surface area contributed by atoms with E-state index < -0.39 is 0 Å². The molecule has 0 unspecified atom stereocenters. The van der Waals surface area contributed by atoms with Crippen LogP contribution in [0.15, 0.2) is 88.8 Å². The number of aryl methyl sites for hydroxylation is 2. The highest BCUT2D eigenvalue weighted by atomic mass is 32.2. The summed E-state index contributed by atoms with van der Waals surface area (Å²) in [6.45, 7) is 2.89. The fourth-order valence-electron chi connectivity index (χ4n) is 3.76. The van der Waals surface area contributed by atoms with Crippen molar-refractivity contribution in [1.29, 1.82) is 0 Å². The lowest BCUT2D eigenvalue weighted by atomic mass is 10.1. The monoisotopic (exact) mass is 426 g/mol. The summed E-state index contributed by atoms with van der Waals surface area (Å²) in [6.07, 6.45) is 0.925. The molecule has 0 aliphatic carbocycles. The average Bonchev–Trinajstić information content (AvgIpc) is 3.15. The van der Waals surface area contributed by atoms with E-state index in [1.54, 1.807) is 17.8 Å². The smallest absolute Gasteiger partial charge is 0.258 e. The first-order valence-corrected chi connectivity index (χ1v) is 11.2. The predicted octanol–water partition coefficient (Wildman–Crippen LogP) is 5.37. The molecule has 5 aromatic rings. The molecular formula is C25H22N4OS. The highest BCUT2D eigenvalue weighted by Crippen LogP contribution is 2.34. The zero-order valence-electron chi connectivity index (χ0n) is 17.2. The quantitative estimate of drug-likeness (QED) is 0.371. The predicted molar refractivity (Wildman–Crippen MR) is 127 cm³/mol. The Balaban J connectivity index is 1.47. The Labute approximate surface area is 184 Å². The molecule has 6 heteroatoms. The summed E-state index contributed by atoms with van der Waals surface area (Å²) in [7, 11) is 0. The number of aromatic nitrogens is 4. The minimum absolute atomic E-state index is 0.0513. The summed E-state index contributed by atoms with van der Waals surface area (Å²) in [5, 5.41) is 1.49. The highest BCUT2D eigenvalue weighted by Gasteiger charge is 2.18. The number of hydrogen-bond donors (Lipinski definition) is 1. The van der Waals surface area contributed by atoms with Crippen molar-refractivity contribution in [2.45, 2.75) is 30.3 Å². The van der Waals surface area contributed by atoms with Crippen molar-refractivity contribution in [3.8, 4) is 0 Å². The molecule has 0 saturated carbocycles. The Kier molecular flexibility index (Phi) is 5.30. The third kappa shape index (κ3) is 3.99. The van der Waals surface area contributed by atoms with Gasteiger partial charge < -0.3 is 9.55 Å². The van der Waals surface area contributed by atoms with E-state index in [-0.39, 0.29) is 10.8 Å². The van der Waals surface area contributed by atoms with Gasteiger partial charge in [-0.2, -0.15) is 0 Å². The van der Waals surface area contributed by atoms with Gasteiger partial charge in [0.1, 0.15) is 5.82 Å². The molecule has 0 saturated heterocycles. The van der Waals surface area contributed by atoms with Crippen molar-refractivity contribution in [3.63, 3.8) is 0 Å². The topological polar surface area (TPSA) is 63.6 Å². The molecular weight excluding hydrogens is 404 g/mol. The molecule has 0 aliphatic heterocycles. The van der Waals surface area contributed by atoms with Gasteiger partial charge in [0, 0.05) is 6.54 Å². The zero-order valence-corrected chi connectivity index (χ0v) is 18.0. The highest BCUT2D eigenvalue weighted by molar-refractivity contribution is 7.99. The zero-order chi connectivity index (χ0) is 21.2. The van der Waals surface area contributed by atoms with Gasteiger partial charge in [-0.25, -0.2) is 9.97 Å². The van der Waals surface area contributed by atoms with Crippen LogP contribution in [-0.4, -0.2) is 19.5 Å². The number of nitrogens with zero attached hydrogens (tertiary/aromatic N) is 3. The van der Waals surface area contributed by atoms with E-state index in [1.807, 2.05) is 42.5 Å². The Morgan fingerprint density at radius 2 is 1.61 bits per heavy atom. The van der Waals surface area contributed by atoms with Gasteiger partial charge in [-0.1, -0.05) is 66.4 Å². The third-order valence-corrected chi connectivity index (χ3v) is 6.48. The van der Waals surface area contributed by atoms with E-state index in [1.165, 1.54) is 5.56 Å². The number of aromatic amines is 1. The maximum atomic E-state index is 12.5. The SMILES string of the molecule is C[C@H](Sc1nc2ccccc2n1CCc1ccccc1)c1nc2ccccc2c(=O)[nH]1. The minimum Gasteiger partial charge on any atom is -0.319 e. The third-order valence-electron chi connectivity index (χ3n) is 5.38. The van der Waals surface area contributed by atoms with Crippen LogP contribution in [0, 0.1) is 0 Å². The van der Waals surface area contributed by atoms with Crippen LogP contribution in [0.4, 0.5) is 0 Å².